The van der Waals surface area contributed by atoms with E-state index in [2.05, 4.69) is 22.4 Å². The maximum atomic E-state index is 12.3. The van der Waals surface area contributed by atoms with Crippen LogP contribution in [0.1, 0.15) is 31.2 Å². The van der Waals surface area contributed by atoms with Gasteiger partial charge in [-0.25, -0.2) is 0 Å². The highest BCUT2D eigenvalue weighted by Crippen LogP contribution is 2.37. The number of rotatable bonds is 4. The van der Waals surface area contributed by atoms with Crippen molar-refractivity contribution in [2.45, 2.75) is 38.2 Å². The van der Waals surface area contributed by atoms with Gasteiger partial charge in [-0.3, -0.25) is 9.78 Å². The van der Waals surface area contributed by atoms with Gasteiger partial charge in [0, 0.05) is 23.8 Å². The Balaban J connectivity index is 1.43. The van der Waals surface area contributed by atoms with E-state index in [1.165, 1.54) is 12.0 Å². The van der Waals surface area contributed by atoms with Crippen molar-refractivity contribution in [3.05, 3.63) is 59.8 Å². The molecule has 4 heteroatoms. The quantitative estimate of drug-likeness (QED) is 0.928. The second-order valence-electron chi connectivity index (χ2n) is 6.64. The zero-order valence-corrected chi connectivity index (χ0v) is 14.2. The summed E-state index contributed by atoms with van der Waals surface area (Å²) in [4.78, 5) is 16.7. The minimum absolute atomic E-state index is 0.0204. The number of carbonyl (C=O) groups is 1. The first-order valence-corrected chi connectivity index (χ1v) is 8.98. The highest BCUT2D eigenvalue weighted by Gasteiger charge is 2.26. The van der Waals surface area contributed by atoms with Gasteiger partial charge in [-0.15, -0.1) is 0 Å². The van der Waals surface area contributed by atoms with Crippen LogP contribution in [0.5, 0.6) is 5.75 Å². The fourth-order valence-electron chi connectivity index (χ4n) is 3.54. The number of benzene rings is 1. The van der Waals surface area contributed by atoms with Crippen molar-refractivity contribution < 1.29 is 9.53 Å². The molecule has 128 valence electrons. The van der Waals surface area contributed by atoms with Gasteiger partial charge in [-0.1, -0.05) is 24.3 Å². The summed E-state index contributed by atoms with van der Waals surface area (Å²) in [6.07, 6.45) is 8.86. The number of carbonyl (C=O) groups excluding carboxylic acids is 1. The molecule has 1 aliphatic heterocycles. The molecule has 2 aliphatic rings. The van der Waals surface area contributed by atoms with Crippen LogP contribution in [0, 0.1) is 0 Å². The zero-order chi connectivity index (χ0) is 17.1. The first-order valence-electron chi connectivity index (χ1n) is 8.98. The summed E-state index contributed by atoms with van der Waals surface area (Å²) in [6, 6.07) is 12.0. The van der Waals surface area contributed by atoms with Crippen LogP contribution in [0.3, 0.4) is 0 Å². The zero-order valence-electron chi connectivity index (χ0n) is 14.2. The van der Waals surface area contributed by atoms with Gasteiger partial charge >= 0.3 is 0 Å². The maximum Gasteiger partial charge on any atom is 0.247 e. The Morgan fingerprint density at radius 2 is 2.16 bits per heavy atom. The van der Waals surface area contributed by atoms with Crippen molar-refractivity contribution in [3.63, 3.8) is 0 Å². The molecule has 0 radical (unpaired) electrons. The van der Waals surface area contributed by atoms with E-state index in [1.807, 2.05) is 30.3 Å². The van der Waals surface area contributed by atoms with Gasteiger partial charge in [0.15, 0.2) is 0 Å². The van der Waals surface area contributed by atoms with Crippen LogP contribution < -0.4 is 10.1 Å². The molecule has 0 spiro atoms. The number of aromatic nitrogens is 1. The number of ether oxygens (including phenoxy) is 1. The van der Waals surface area contributed by atoms with E-state index < -0.39 is 0 Å². The maximum absolute atomic E-state index is 12.3. The van der Waals surface area contributed by atoms with E-state index in [-0.39, 0.29) is 12.0 Å². The van der Waals surface area contributed by atoms with E-state index in [0.29, 0.717) is 6.54 Å². The summed E-state index contributed by atoms with van der Waals surface area (Å²) in [7, 11) is 0. The lowest BCUT2D eigenvalue weighted by atomic mass is 9.99. The van der Waals surface area contributed by atoms with Crippen LogP contribution >= 0.6 is 0 Å². The third kappa shape index (κ3) is 3.43. The number of nitrogens with one attached hydrogen (secondary N) is 1. The monoisotopic (exact) mass is 334 g/mol. The van der Waals surface area contributed by atoms with Crippen molar-refractivity contribution in [1.82, 2.24) is 10.3 Å². The highest BCUT2D eigenvalue weighted by atomic mass is 16.5. The molecule has 0 saturated carbocycles. The van der Waals surface area contributed by atoms with E-state index in [0.717, 1.165) is 48.3 Å². The molecule has 4 nitrogen and oxygen atoms in total. The van der Waals surface area contributed by atoms with Gasteiger partial charge in [0.25, 0.3) is 0 Å². The lowest BCUT2D eigenvalue weighted by Gasteiger charge is -2.16. The van der Waals surface area contributed by atoms with Gasteiger partial charge in [-0.05, 0) is 49.4 Å². The number of amides is 1. The van der Waals surface area contributed by atoms with Crippen molar-refractivity contribution in [1.29, 1.82) is 0 Å². The Bertz CT molecular complexity index is 799. The molecule has 4 rings (SSSR count). The predicted molar refractivity (Wildman–Crippen MR) is 97.4 cm³/mol. The van der Waals surface area contributed by atoms with Gasteiger partial charge in [0.2, 0.25) is 5.91 Å². The van der Waals surface area contributed by atoms with Crippen LogP contribution in [0.15, 0.2) is 54.2 Å². The van der Waals surface area contributed by atoms with Crippen LogP contribution in [-0.4, -0.2) is 23.5 Å². The predicted octanol–water partition coefficient (Wildman–Crippen LogP) is 3.67. The van der Waals surface area contributed by atoms with E-state index in [9.17, 15) is 4.79 Å². The highest BCUT2D eigenvalue weighted by molar-refractivity contribution is 5.93. The Labute approximate surface area is 147 Å². The van der Waals surface area contributed by atoms with Gasteiger partial charge in [0.1, 0.15) is 11.9 Å². The number of fused-ring (bicyclic) bond motifs is 1. The summed E-state index contributed by atoms with van der Waals surface area (Å²) in [5, 5.41) is 3.04. The van der Waals surface area contributed by atoms with Gasteiger partial charge < -0.3 is 10.1 Å². The average molecular weight is 334 g/mol. The molecule has 0 fully saturated rings. The number of hydrogen-bond acceptors (Lipinski definition) is 3. The average Bonchev–Trinajstić information content (AvgIpc) is 3.10. The third-order valence-electron chi connectivity index (χ3n) is 4.84. The fourth-order valence-corrected chi connectivity index (χ4v) is 3.54. The van der Waals surface area contributed by atoms with E-state index in [1.54, 1.807) is 6.20 Å². The Morgan fingerprint density at radius 1 is 1.20 bits per heavy atom. The van der Waals surface area contributed by atoms with Gasteiger partial charge in [-0.2, -0.15) is 0 Å². The smallest absolute Gasteiger partial charge is 0.247 e. The summed E-state index contributed by atoms with van der Waals surface area (Å²) < 4.78 is 6.16. The number of pyridine rings is 1. The normalized spacial score (nSPS) is 18.9. The first kappa shape index (κ1) is 15.9. The number of hydrogen-bond donors (Lipinski definition) is 1. The van der Waals surface area contributed by atoms with Gasteiger partial charge in [0.05, 0.1) is 12.2 Å². The minimum atomic E-state index is -0.0204. The Kier molecular flexibility index (Phi) is 4.51. The molecule has 0 bridgehead atoms. The Hall–Kier alpha value is -2.62. The first-order chi connectivity index (χ1) is 12.3. The lowest BCUT2D eigenvalue weighted by Crippen LogP contribution is -2.35. The van der Waals surface area contributed by atoms with Crippen LogP contribution in [0.2, 0.25) is 0 Å². The molecule has 2 aromatic rings. The summed E-state index contributed by atoms with van der Waals surface area (Å²) >= 11 is 0. The molecule has 1 N–H and O–H groups in total. The third-order valence-corrected chi connectivity index (χ3v) is 4.84. The molecule has 0 saturated heterocycles. The van der Waals surface area contributed by atoms with Crippen molar-refractivity contribution in [3.8, 4) is 17.0 Å². The van der Waals surface area contributed by atoms with Crippen LogP contribution in [-0.2, 0) is 11.2 Å². The molecular weight excluding hydrogens is 312 g/mol. The minimum Gasteiger partial charge on any atom is -0.487 e. The summed E-state index contributed by atoms with van der Waals surface area (Å²) in [5.41, 5.74) is 4.04. The largest absolute Gasteiger partial charge is 0.487 e. The fraction of sp³-hybridized carbons (Fsp3) is 0.333. The molecule has 1 aromatic heterocycles. The molecular formula is C21H22N2O2. The SMILES string of the molecule is O=C(NC[C@@H]1Cc2cccc(-c3ccccn3)c2O1)C1=CCCCC1. The lowest BCUT2D eigenvalue weighted by molar-refractivity contribution is -0.118. The summed E-state index contributed by atoms with van der Waals surface area (Å²) in [6.45, 7) is 0.534. The van der Waals surface area contributed by atoms with Crippen LogP contribution in [0.4, 0.5) is 0 Å². The van der Waals surface area contributed by atoms with Crippen molar-refractivity contribution in [2.75, 3.05) is 6.54 Å². The second kappa shape index (κ2) is 7.09. The molecule has 1 amide bonds. The molecule has 2 heterocycles. The number of nitrogens with zero attached hydrogens (tertiary/aromatic N) is 1. The van der Waals surface area contributed by atoms with Crippen LogP contribution in [0.25, 0.3) is 11.3 Å². The Morgan fingerprint density at radius 3 is 2.96 bits per heavy atom. The molecule has 1 atom stereocenters. The number of allylic oxidation sites excluding steroid dienone is 1. The summed E-state index contributed by atoms with van der Waals surface area (Å²) in [5.74, 6) is 0.960. The molecule has 0 unspecified atom stereocenters. The van der Waals surface area contributed by atoms with Crippen molar-refractivity contribution >= 4 is 5.91 Å². The van der Waals surface area contributed by atoms with E-state index >= 15 is 0 Å². The topological polar surface area (TPSA) is 51.2 Å². The molecule has 1 aromatic carbocycles. The standard InChI is InChI=1S/C21H22N2O2/c24-21(15-7-2-1-3-8-15)23-14-17-13-16-9-6-10-18(20(16)25-17)19-11-4-5-12-22-19/h4-7,9-12,17H,1-3,8,13-14H2,(H,23,24)/t17-/m0/s1. The second-order valence-corrected chi connectivity index (χ2v) is 6.64. The van der Waals surface area contributed by atoms with Crippen molar-refractivity contribution in [2.24, 2.45) is 0 Å². The van der Waals surface area contributed by atoms with E-state index in [4.69, 9.17) is 4.74 Å². The molecule has 25 heavy (non-hydrogen) atoms. The molecule has 1 aliphatic carbocycles. The number of para-hydroxylation sites is 1.